The van der Waals surface area contributed by atoms with Crippen LogP contribution in [0.4, 0.5) is 8.78 Å². The molecule has 2 aromatic carbocycles. The van der Waals surface area contributed by atoms with E-state index in [0.717, 1.165) is 43.8 Å². The Balaban J connectivity index is 0.00000370. The molecule has 2 aliphatic heterocycles. The summed E-state index contributed by atoms with van der Waals surface area (Å²) in [6.45, 7) is 4.36. The van der Waals surface area contributed by atoms with Gasteiger partial charge in [-0.15, -0.1) is 0 Å². The van der Waals surface area contributed by atoms with E-state index in [1.807, 2.05) is 12.1 Å². The normalized spacial score (nSPS) is 27.9. The number of nitrogens with one attached hydrogen (secondary N) is 1. The number of benzene rings is 2. The molecule has 0 radical (unpaired) electrons. The predicted molar refractivity (Wildman–Crippen MR) is 146 cm³/mol. The van der Waals surface area contributed by atoms with Crippen molar-refractivity contribution in [1.82, 2.24) is 10.2 Å². The minimum Gasteiger partial charge on any atom is -0.496 e. The molecule has 2 saturated heterocycles. The van der Waals surface area contributed by atoms with E-state index in [4.69, 9.17) is 9.47 Å². The third-order valence-electron chi connectivity index (χ3n) is 9.09. The number of likely N-dealkylation sites (tertiary alicyclic amines) is 1. The first-order valence-corrected chi connectivity index (χ1v) is 14.1. The zero-order valence-electron chi connectivity index (χ0n) is 22.7. The molecule has 0 aromatic heterocycles. The van der Waals surface area contributed by atoms with Crippen LogP contribution in [-0.2, 0) is 14.3 Å². The number of cyclic esters (lactones) is 1. The predicted octanol–water partition coefficient (Wildman–Crippen LogP) is 5.28. The van der Waals surface area contributed by atoms with Crippen LogP contribution in [0.1, 0.15) is 63.4 Å². The maximum absolute atomic E-state index is 13.9. The Hall–Kier alpha value is -3.00. The number of rotatable bonds is 8. The zero-order chi connectivity index (χ0) is 27.5. The number of halogens is 2. The Morgan fingerprint density at radius 2 is 1.85 bits per heavy atom. The Morgan fingerprint density at radius 1 is 1.10 bits per heavy atom. The highest BCUT2D eigenvalue weighted by atomic mass is 19.2. The standard InChI is InChI=1S/C31H38F2N2O4.H2/c1-19-25(26(18-39-31(19)37)22-9-12-27(32)28(33)13-22)14-30(36)34-15-20-16-35(17-20)23-10-7-21(8-11-23)24-5-3-4-6-29(24)38-2;/h3-6,9,12-13,19-21,23,25-26H,7-8,10-11,14-18H2,1-2H3,(H,34,36);1H/t19?,21?,23?,25?,26-;/m1./s1. The molecule has 39 heavy (non-hydrogen) atoms. The molecule has 0 bridgehead atoms. The van der Waals surface area contributed by atoms with Crippen molar-refractivity contribution in [3.8, 4) is 5.75 Å². The van der Waals surface area contributed by atoms with E-state index in [1.54, 1.807) is 14.0 Å². The second-order valence-corrected chi connectivity index (χ2v) is 11.4. The van der Waals surface area contributed by atoms with Gasteiger partial charge in [0, 0.05) is 45.4 Å². The molecule has 5 rings (SSSR count). The molecule has 2 heterocycles. The second-order valence-electron chi connectivity index (χ2n) is 11.4. The fourth-order valence-corrected chi connectivity index (χ4v) is 6.69. The average molecular weight is 543 g/mol. The van der Waals surface area contributed by atoms with E-state index in [9.17, 15) is 18.4 Å². The van der Waals surface area contributed by atoms with Crippen LogP contribution in [0.25, 0.3) is 0 Å². The van der Waals surface area contributed by atoms with Gasteiger partial charge in [-0.3, -0.25) is 14.5 Å². The van der Waals surface area contributed by atoms with E-state index in [2.05, 4.69) is 22.3 Å². The van der Waals surface area contributed by atoms with Crippen molar-refractivity contribution in [2.45, 2.75) is 56.9 Å². The van der Waals surface area contributed by atoms with Crippen LogP contribution >= 0.6 is 0 Å². The smallest absolute Gasteiger partial charge is 0.308 e. The molecule has 3 atom stereocenters. The van der Waals surface area contributed by atoms with Gasteiger partial charge in [0.05, 0.1) is 19.6 Å². The number of hydrogen-bond acceptors (Lipinski definition) is 5. The lowest BCUT2D eigenvalue weighted by atomic mass is 9.75. The quantitative estimate of drug-likeness (QED) is 0.460. The van der Waals surface area contributed by atoms with Gasteiger partial charge in [-0.05, 0) is 66.8 Å². The largest absolute Gasteiger partial charge is 0.496 e. The summed E-state index contributed by atoms with van der Waals surface area (Å²) in [7, 11) is 1.73. The van der Waals surface area contributed by atoms with Gasteiger partial charge in [-0.25, -0.2) is 8.78 Å². The molecular weight excluding hydrogens is 502 g/mol. The molecule has 2 aromatic rings. The van der Waals surface area contributed by atoms with Crippen molar-refractivity contribution in [2.75, 3.05) is 33.4 Å². The molecular formula is C31H40F2N2O4. The van der Waals surface area contributed by atoms with Crippen molar-refractivity contribution in [3.63, 3.8) is 0 Å². The van der Waals surface area contributed by atoms with Crippen LogP contribution in [0.5, 0.6) is 5.75 Å². The fourth-order valence-electron chi connectivity index (χ4n) is 6.69. The Bertz CT molecular complexity index is 1180. The lowest BCUT2D eigenvalue weighted by molar-refractivity contribution is -0.157. The van der Waals surface area contributed by atoms with Crippen molar-refractivity contribution in [2.24, 2.45) is 17.8 Å². The van der Waals surface area contributed by atoms with Gasteiger partial charge in [0.15, 0.2) is 11.6 Å². The highest BCUT2D eigenvalue weighted by Crippen LogP contribution is 2.40. The molecule has 1 N–H and O–H groups in total. The van der Waals surface area contributed by atoms with Crippen LogP contribution in [0.3, 0.4) is 0 Å². The average Bonchev–Trinajstić information content (AvgIpc) is 2.92. The Kier molecular flexibility index (Phi) is 8.50. The van der Waals surface area contributed by atoms with Crippen molar-refractivity contribution < 1.29 is 29.3 Å². The van der Waals surface area contributed by atoms with Crippen molar-refractivity contribution in [3.05, 3.63) is 65.2 Å². The molecule has 1 amide bonds. The molecule has 6 nitrogen and oxygen atoms in total. The van der Waals surface area contributed by atoms with E-state index in [1.165, 1.54) is 24.5 Å². The lowest BCUT2D eigenvalue weighted by Crippen LogP contribution is -2.56. The van der Waals surface area contributed by atoms with Crippen LogP contribution in [0, 0.1) is 29.4 Å². The summed E-state index contributed by atoms with van der Waals surface area (Å²) in [6, 6.07) is 12.6. The number of esters is 1. The number of nitrogens with zero attached hydrogens (tertiary/aromatic N) is 1. The van der Waals surface area contributed by atoms with Gasteiger partial charge >= 0.3 is 5.97 Å². The number of methoxy groups -OCH3 is 1. The third kappa shape index (κ3) is 6.11. The number of amides is 1. The number of carbonyl (C=O) groups is 2. The topological polar surface area (TPSA) is 67.9 Å². The molecule has 1 saturated carbocycles. The third-order valence-corrected chi connectivity index (χ3v) is 9.09. The van der Waals surface area contributed by atoms with Crippen LogP contribution in [-0.4, -0.2) is 56.2 Å². The molecule has 3 aliphatic rings. The molecule has 8 heteroatoms. The van der Waals surface area contributed by atoms with Gasteiger partial charge in [0.2, 0.25) is 5.91 Å². The van der Waals surface area contributed by atoms with Gasteiger partial charge in [0.25, 0.3) is 0 Å². The summed E-state index contributed by atoms with van der Waals surface area (Å²) in [5.74, 6) is -1.61. The molecule has 1 aliphatic carbocycles. The van der Waals surface area contributed by atoms with Crippen molar-refractivity contribution in [1.29, 1.82) is 0 Å². The molecule has 0 spiro atoms. The number of ether oxygens (including phenoxy) is 2. The maximum Gasteiger partial charge on any atom is 0.308 e. The highest BCUT2D eigenvalue weighted by Gasteiger charge is 2.40. The summed E-state index contributed by atoms with van der Waals surface area (Å²) in [4.78, 5) is 27.7. The number of carbonyl (C=O) groups excluding carboxylic acids is 2. The van der Waals surface area contributed by atoms with Gasteiger partial charge in [0.1, 0.15) is 5.75 Å². The first-order chi connectivity index (χ1) is 18.8. The number of hydrogen-bond donors (Lipinski definition) is 1. The minimum absolute atomic E-state index is 0. The SMILES string of the molecule is COc1ccccc1C1CCC(N2CC(CNC(=O)CC3C(C)C(=O)OC[C@@H]3c3ccc(F)c(F)c3)C2)CC1.[HH]. The highest BCUT2D eigenvalue weighted by molar-refractivity contribution is 5.79. The van der Waals surface area contributed by atoms with Crippen LogP contribution < -0.4 is 10.1 Å². The maximum atomic E-state index is 13.9. The van der Waals surface area contributed by atoms with Crippen LogP contribution in [0.2, 0.25) is 0 Å². The molecule has 3 fully saturated rings. The van der Waals surface area contributed by atoms with Crippen LogP contribution in [0.15, 0.2) is 42.5 Å². The van der Waals surface area contributed by atoms with E-state index in [0.29, 0.717) is 30.0 Å². The van der Waals surface area contributed by atoms with E-state index >= 15 is 0 Å². The minimum atomic E-state index is -0.942. The van der Waals surface area contributed by atoms with E-state index < -0.39 is 17.6 Å². The molecule has 2 unspecified atom stereocenters. The monoisotopic (exact) mass is 542 g/mol. The second kappa shape index (κ2) is 12.0. The summed E-state index contributed by atoms with van der Waals surface area (Å²) < 4.78 is 38.2. The van der Waals surface area contributed by atoms with Crippen molar-refractivity contribution >= 4 is 11.9 Å². The summed E-state index contributed by atoms with van der Waals surface area (Å²) >= 11 is 0. The Morgan fingerprint density at radius 3 is 2.56 bits per heavy atom. The van der Waals surface area contributed by atoms with Gasteiger partial charge < -0.3 is 14.8 Å². The van der Waals surface area contributed by atoms with E-state index in [-0.39, 0.29) is 38.2 Å². The fraction of sp³-hybridized carbons (Fsp3) is 0.548. The summed E-state index contributed by atoms with van der Waals surface area (Å²) in [5.41, 5.74) is 1.86. The zero-order valence-corrected chi connectivity index (χ0v) is 22.7. The van der Waals surface area contributed by atoms with Gasteiger partial charge in [-0.1, -0.05) is 31.2 Å². The summed E-state index contributed by atoms with van der Waals surface area (Å²) in [5, 5.41) is 3.06. The van der Waals surface area contributed by atoms with Gasteiger partial charge in [-0.2, -0.15) is 0 Å². The first kappa shape index (κ1) is 27.6. The summed E-state index contributed by atoms with van der Waals surface area (Å²) in [6.07, 6.45) is 4.79. The first-order valence-electron chi connectivity index (χ1n) is 14.1. The number of para-hydroxylation sites is 1. The molecule has 212 valence electrons. The lowest BCUT2D eigenvalue weighted by Gasteiger charge is -2.47. The Labute approximate surface area is 230 Å².